The molecule has 0 radical (unpaired) electrons. The molecule has 0 saturated heterocycles. The van der Waals surface area contributed by atoms with Crippen molar-refractivity contribution in [2.24, 2.45) is 0 Å². The number of pyridine rings is 1. The van der Waals surface area contributed by atoms with Gasteiger partial charge in [0.25, 0.3) is 5.91 Å². The van der Waals surface area contributed by atoms with Gasteiger partial charge in [-0.2, -0.15) is 4.73 Å². The molecule has 0 bridgehead atoms. The predicted molar refractivity (Wildman–Crippen MR) is 81.9 cm³/mol. The van der Waals surface area contributed by atoms with Crippen LogP contribution in [0.2, 0.25) is 0 Å². The molecule has 0 saturated carbocycles. The number of nitrogens with zero attached hydrogens (tertiary/aromatic N) is 1. The average Bonchev–Trinajstić information content (AvgIpc) is 2.55. The van der Waals surface area contributed by atoms with E-state index in [-0.39, 0.29) is 5.56 Å². The van der Waals surface area contributed by atoms with Crippen molar-refractivity contribution in [2.75, 3.05) is 12.4 Å². The molecule has 120 valence electrons. The Kier molecular flexibility index (Phi) is 5.14. The Morgan fingerprint density at radius 3 is 2.57 bits per heavy atom. The number of ether oxygens (including phenoxy) is 2. The van der Waals surface area contributed by atoms with Crippen LogP contribution in [0, 0.1) is 5.21 Å². The van der Waals surface area contributed by atoms with Gasteiger partial charge in [0, 0.05) is 23.9 Å². The molecule has 7 nitrogen and oxygen atoms in total. The van der Waals surface area contributed by atoms with Gasteiger partial charge in [-0.05, 0) is 19.1 Å². The van der Waals surface area contributed by atoms with E-state index in [2.05, 4.69) is 5.32 Å². The van der Waals surface area contributed by atoms with E-state index in [0.717, 1.165) is 0 Å². The summed E-state index contributed by atoms with van der Waals surface area (Å²) in [5.41, 5.74) is 0.725. The molecule has 0 aliphatic carbocycles. The largest absolute Gasteiger partial charge is 0.619 e. The summed E-state index contributed by atoms with van der Waals surface area (Å²) in [5, 5.41) is 13.6. The number of nitrogens with one attached hydrogen (secondary N) is 1. The first-order valence-corrected chi connectivity index (χ1v) is 6.84. The molecular weight excluding hydrogens is 300 g/mol. The summed E-state index contributed by atoms with van der Waals surface area (Å²) in [6.07, 6.45) is 1.36. The van der Waals surface area contributed by atoms with E-state index >= 15 is 0 Å². The second-order valence-electron chi connectivity index (χ2n) is 4.72. The number of hydrogen-bond acceptors (Lipinski definition) is 5. The molecule has 1 N–H and O–H groups in total. The maximum Gasteiger partial charge on any atom is 0.339 e. The molecule has 1 atom stereocenters. The van der Waals surface area contributed by atoms with Gasteiger partial charge < -0.3 is 20.0 Å². The lowest BCUT2D eigenvalue weighted by atomic mass is 10.2. The van der Waals surface area contributed by atoms with Crippen molar-refractivity contribution in [3.8, 4) is 5.75 Å². The number of hydrogen-bond donors (Lipinski definition) is 1. The number of rotatable bonds is 5. The van der Waals surface area contributed by atoms with E-state index in [1.165, 1.54) is 38.6 Å². The lowest BCUT2D eigenvalue weighted by Gasteiger charge is -2.13. The van der Waals surface area contributed by atoms with Crippen molar-refractivity contribution in [3.05, 3.63) is 59.6 Å². The van der Waals surface area contributed by atoms with Crippen LogP contribution >= 0.6 is 0 Å². The summed E-state index contributed by atoms with van der Waals surface area (Å²) in [6, 6.07) is 9.46. The molecule has 0 spiro atoms. The monoisotopic (exact) mass is 316 g/mol. The minimum Gasteiger partial charge on any atom is -0.619 e. The fraction of sp³-hybridized carbons (Fsp3) is 0.188. The molecule has 7 heteroatoms. The highest BCUT2D eigenvalue weighted by Crippen LogP contribution is 2.17. The number of amides is 1. The number of aromatic nitrogens is 1. The van der Waals surface area contributed by atoms with Crippen molar-refractivity contribution >= 4 is 17.6 Å². The Morgan fingerprint density at radius 1 is 1.22 bits per heavy atom. The van der Waals surface area contributed by atoms with Crippen LogP contribution < -0.4 is 14.8 Å². The normalized spacial score (nSPS) is 11.4. The summed E-state index contributed by atoms with van der Waals surface area (Å²) in [5.74, 6) is -0.553. The first-order chi connectivity index (χ1) is 11.0. The first-order valence-electron chi connectivity index (χ1n) is 6.84. The van der Waals surface area contributed by atoms with Crippen LogP contribution in [-0.4, -0.2) is 25.1 Å². The predicted octanol–water partition coefficient (Wildman–Crippen LogP) is 1.51. The maximum atomic E-state index is 12.0. The molecule has 0 unspecified atom stereocenters. The minimum absolute atomic E-state index is 0.193. The summed E-state index contributed by atoms with van der Waals surface area (Å²) in [6.45, 7) is 1.46. The zero-order valence-corrected chi connectivity index (χ0v) is 12.7. The lowest BCUT2D eigenvalue weighted by molar-refractivity contribution is -0.605. The van der Waals surface area contributed by atoms with Crippen LogP contribution in [-0.2, 0) is 9.53 Å². The zero-order chi connectivity index (χ0) is 16.8. The standard InChI is InChI=1S/C16H16N2O5/c1-11(23-16(20)12-6-8-18(21)9-7-12)15(19)17-13-4-3-5-14(10-13)22-2/h3-11H,1-2H3,(H,17,19)/t11-/m0/s1. The van der Waals surface area contributed by atoms with Crippen LogP contribution in [0.5, 0.6) is 5.75 Å². The first kappa shape index (κ1) is 16.3. The van der Waals surface area contributed by atoms with Gasteiger partial charge in [-0.1, -0.05) is 6.07 Å². The van der Waals surface area contributed by atoms with Crippen molar-refractivity contribution < 1.29 is 23.8 Å². The number of carbonyl (C=O) groups excluding carboxylic acids is 2. The molecule has 1 heterocycles. The van der Waals surface area contributed by atoms with Gasteiger partial charge in [0.05, 0.1) is 12.7 Å². The highest BCUT2D eigenvalue weighted by molar-refractivity contribution is 5.97. The van der Waals surface area contributed by atoms with Crippen LogP contribution in [0.4, 0.5) is 5.69 Å². The highest BCUT2D eigenvalue weighted by atomic mass is 16.5. The molecule has 0 aliphatic heterocycles. The number of anilines is 1. The van der Waals surface area contributed by atoms with Crippen LogP contribution in [0.3, 0.4) is 0 Å². The second kappa shape index (κ2) is 7.26. The van der Waals surface area contributed by atoms with Crippen molar-refractivity contribution in [1.29, 1.82) is 0 Å². The fourth-order valence-electron chi connectivity index (χ4n) is 1.78. The van der Waals surface area contributed by atoms with Crippen molar-refractivity contribution in [2.45, 2.75) is 13.0 Å². The molecule has 1 aromatic carbocycles. The second-order valence-corrected chi connectivity index (χ2v) is 4.72. The molecule has 0 aliphatic rings. The van der Waals surface area contributed by atoms with E-state index < -0.39 is 18.0 Å². The number of esters is 1. The van der Waals surface area contributed by atoms with E-state index in [1.54, 1.807) is 24.3 Å². The van der Waals surface area contributed by atoms with E-state index in [9.17, 15) is 14.8 Å². The summed E-state index contributed by atoms with van der Waals surface area (Å²) in [7, 11) is 1.52. The van der Waals surface area contributed by atoms with Gasteiger partial charge in [-0.15, -0.1) is 0 Å². The Bertz CT molecular complexity index is 700. The molecule has 2 rings (SSSR count). The SMILES string of the molecule is COc1cccc(NC(=O)[C@H](C)OC(=O)c2cc[n+]([O-])cc2)c1. The molecule has 1 aromatic heterocycles. The number of benzene rings is 1. The number of methoxy groups -OCH3 is 1. The zero-order valence-electron chi connectivity index (χ0n) is 12.7. The highest BCUT2D eigenvalue weighted by Gasteiger charge is 2.19. The maximum absolute atomic E-state index is 12.0. The quantitative estimate of drug-likeness (QED) is 0.513. The fourth-order valence-corrected chi connectivity index (χ4v) is 1.78. The van der Waals surface area contributed by atoms with E-state index in [0.29, 0.717) is 16.2 Å². The van der Waals surface area contributed by atoms with Crippen LogP contribution in [0.25, 0.3) is 0 Å². The smallest absolute Gasteiger partial charge is 0.339 e. The summed E-state index contributed by atoms with van der Waals surface area (Å²) in [4.78, 5) is 23.9. The van der Waals surface area contributed by atoms with E-state index in [4.69, 9.17) is 9.47 Å². The van der Waals surface area contributed by atoms with Crippen LogP contribution in [0.1, 0.15) is 17.3 Å². The Balaban J connectivity index is 1.96. The molecule has 23 heavy (non-hydrogen) atoms. The third-order valence-electron chi connectivity index (χ3n) is 3.03. The van der Waals surface area contributed by atoms with Crippen molar-refractivity contribution in [1.82, 2.24) is 0 Å². The Hall–Kier alpha value is -3.09. The summed E-state index contributed by atoms with van der Waals surface area (Å²) < 4.78 is 10.7. The molecule has 0 fully saturated rings. The topological polar surface area (TPSA) is 91.6 Å². The van der Waals surface area contributed by atoms with Gasteiger partial charge in [-0.25, -0.2) is 4.79 Å². The third-order valence-corrected chi connectivity index (χ3v) is 3.03. The third kappa shape index (κ3) is 4.44. The van der Waals surface area contributed by atoms with Gasteiger partial charge in [0.2, 0.25) is 0 Å². The molecular formula is C16H16N2O5. The Labute approximate surface area is 133 Å². The van der Waals surface area contributed by atoms with Crippen LogP contribution in [0.15, 0.2) is 48.8 Å². The lowest BCUT2D eigenvalue weighted by Crippen LogP contribution is -2.30. The number of carbonyl (C=O) groups is 2. The summed E-state index contributed by atoms with van der Waals surface area (Å²) >= 11 is 0. The van der Waals surface area contributed by atoms with E-state index in [1.807, 2.05) is 0 Å². The molecule has 2 aromatic rings. The van der Waals surface area contributed by atoms with Gasteiger partial charge in [-0.3, -0.25) is 4.79 Å². The van der Waals surface area contributed by atoms with Gasteiger partial charge in [0.1, 0.15) is 5.75 Å². The van der Waals surface area contributed by atoms with Gasteiger partial charge >= 0.3 is 5.97 Å². The molecule has 1 amide bonds. The average molecular weight is 316 g/mol. The Morgan fingerprint density at radius 2 is 1.91 bits per heavy atom. The van der Waals surface area contributed by atoms with Gasteiger partial charge in [0.15, 0.2) is 18.5 Å². The van der Waals surface area contributed by atoms with Crippen molar-refractivity contribution in [3.63, 3.8) is 0 Å². The minimum atomic E-state index is -0.992.